The molecule has 0 aliphatic carbocycles. The number of methoxy groups -OCH3 is 1. The van der Waals surface area contributed by atoms with E-state index >= 15 is 0 Å². The van der Waals surface area contributed by atoms with Gasteiger partial charge < -0.3 is 25.2 Å². The molecule has 1 amide bonds. The number of aryl methyl sites for hydroxylation is 1. The summed E-state index contributed by atoms with van der Waals surface area (Å²) in [5, 5.41) is 14.4. The number of carboxylic acid groups (broad SMARTS) is 1. The summed E-state index contributed by atoms with van der Waals surface area (Å²) in [6.07, 6.45) is 0. The molecule has 0 aliphatic rings. The van der Waals surface area contributed by atoms with Crippen LogP contribution in [0.5, 0.6) is 11.5 Å². The molecule has 0 fully saturated rings. The highest BCUT2D eigenvalue weighted by Crippen LogP contribution is 2.36. The van der Waals surface area contributed by atoms with Crippen molar-refractivity contribution < 1.29 is 24.2 Å². The van der Waals surface area contributed by atoms with Crippen molar-refractivity contribution in [1.82, 2.24) is 5.32 Å². The normalized spacial score (nSPS) is 10.3. The summed E-state index contributed by atoms with van der Waals surface area (Å²) in [4.78, 5) is 22.6. The highest BCUT2D eigenvalue weighted by molar-refractivity contribution is 6.32. The number of amides is 1. The molecule has 0 radical (unpaired) electrons. The van der Waals surface area contributed by atoms with Crippen LogP contribution < -0.4 is 20.1 Å². The quantitative estimate of drug-likeness (QED) is 0.607. The summed E-state index contributed by atoms with van der Waals surface area (Å²) in [6.45, 7) is 1.86. The number of carbonyl (C=O) groups is 2. The first-order chi connectivity index (χ1) is 12.9. The van der Waals surface area contributed by atoms with E-state index in [-0.39, 0.29) is 29.8 Å². The summed E-state index contributed by atoms with van der Waals surface area (Å²) in [5.41, 5.74) is 2.50. The van der Waals surface area contributed by atoms with E-state index in [9.17, 15) is 9.59 Å². The van der Waals surface area contributed by atoms with E-state index in [0.717, 1.165) is 11.1 Å². The lowest BCUT2D eigenvalue weighted by Gasteiger charge is -2.14. The van der Waals surface area contributed by atoms with Crippen LogP contribution in [-0.4, -0.2) is 37.2 Å². The van der Waals surface area contributed by atoms with Crippen molar-refractivity contribution in [3.8, 4) is 11.5 Å². The van der Waals surface area contributed by atoms with Gasteiger partial charge in [0.15, 0.2) is 18.1 Å². The fraction of sp³-hybridized carbons (Fsp3) is 0.263. The molecule has 8 heteroatoms. The fourth-order valence-electron chi connectivity index (χ4n) is 2.30. The Hall–Kier alpha value is -2.77. The number of anilines is 1. The van der Waals surface area contributed by atoms with Crippen molar-refractivity contribution in [2.75, 3.05) is 25.6 Å². The number of rotatable bonds is 9. The van der Waals surface area contributed by atoms with Gasteiger partial charge in [0.05, 0.1) is 18.7 Å². The minimum atomic E-state index is -0.951. The molecule has 2 aromatic carbocycles. The average Bonchev–Trinajstić information content (AvgIpc) is 2.62. The lowest BCUT2D eigenvalue weighted by atomic mass is 10.2. The van der Waals surface area contributed by atoms with Crippen LogP contribution in [0.25, 0.3) is 0 Å². The first-order valence-corrected chi connectivity index (χ1v) is 8.55. The van der Waals surface area contributed by atoms with E-state index in [1.165, 1.54) is 7.11 Å². The van der Waals surface area contributed by atoms with Crippen LogP contribution in [0.1, 0.15) is 11.1 Å². The molecule has 0 spiro atoms. The largest absolute Gasteiger partial charge is 0.493 e. The summed E-state index contributed by atoms with van der Waals surface area (Å²) in [6, 6.07) is 10.7. The predicted octanol–water partition coefficient (Wildman–Crippen LogP) is 2.85. The number of benzene rings is 2. The standard InChI is InChI=1S/C19H21ClN2O5/c1-12-3-5-14(6-4-12)22-17(23)11-27-19-15(20)7-13(8-16(19)26-2)9-21-10-18(24)25/h3-8,21H,9-11H2,1-2H3,(H,22,23)(H,24,25). The van der Waals surface area contributed by atoms with E-state index < -0.39 is 5.97 Å². The zero-order chi connectivity index (χ0) is 19.8. The van der Waals surface area contributed by atoms with E-state index in [0.29, 0.717) is 18.0 Å². The predicted molar refractivity (Wildman–Crippen MR) is 103 cm³/mol. The van der Waals surface area contributed by atoms with E-state index in [2.05, 4.69) is 10.6 Å². The first kappa shape index (κ1) is 20.5. The van der Waals surface area contributed by atoms with Gasteiger partial charge in [0.1, 0.15) is 0 Å². The third kappa shape index (κ3) is 6.47. The second-order valence-corrected chi connectivity index (χ2v) is 6.22. The van der Waals surface area contributed by atoms with Crippen molar-refractivity contribution in [2.24, 2.45) is 0 Å². The fourth-order valence-corrected chi connectivity index (χ4v) is 2.59. The molecule has 0 saturated carbocycles. The van der Waals surface area contributed by atoms with Crippen LogP contribution in [0.2, 0.25) is 5.02 Å². The second kappa shape index (κ2) is 9.80. The zero-order valence-electron chi connectivity index (χ0n) is 15.0. The molecule has 0 aliphatic heterocycles. The number of halogens is 1. The molecule has 144 valence electrons. The minimum absolute atomic E-state index is 0.169. The van der Waals surface area contributed by atoms with E-state index in [1.807, 2.05) is 19.1 Å². The Kier molecular flexibility index (Phi) is 7.45. The van der Waals surface area contributed by atoms with Crippen LogP contribution in [0.15, 0.2) is 36.4 Å². The molecule has 0 aromatic heterocycles. The van der Waals surface area contributed by atoms with Gasteiger partial charge in [0.2, 0.25) is 0 Å². The molecule has 3 N–H and O–H groups in total. The van der Waals surface area contributed by atoms with Crippen molar-refractivity contribution in [3.05, 3.63) is 52.5 Å². The molecule has 0 bridgehead atoms. The van der Waals surface area contributed by atoms with Gasteiger partial charge in [0, 0.05) is 12.2 Å². The molecule has 2 aromatic rings. The average molecular weight is 393 g/mol. The Morgan fingerprint density at radius 3 is 2.52 bits per heavy atom. The van der Waals surface area contributed by atoms with Gasteiger partial charge >= 0.3 is 5.97 Å². The van der Waals surface area contributed by atoms with Gasteiger partial charge in [-0.15, -0.1) is 0 Å². The maximum atomic E-state index is 12.1. The third-order valence-electron chi connectivity index (χ3n) is 3.58. The highest BCUT2D eigenvalue weighted by atomic mass is 35.5. The molecule has 27 heavy (non-hydrogen) atoms. The third-order valence-corrected chi connectivity index (χ3v) is 3.86. The van der Waals surface area contributed by atoms with Gasteiger partial charge in [-0.05, 0) is 36.8 Å². The first-order valence-electron chi connectivity index (χ1n) is 8.17. The van der Waals surface area contributed by atoms with Crippen LogP contribution in [0, 0.1) is 6.92 Å². The summed E-state index contributed by atoms with van der Waals surface area (Å²) in [7, 11) is 1.46. The SMILES string of the molecule is COc1cc(CNCC(=O)O)cc(Cl)c1OCC(=O)Nc1ccc(C)cc1. The molecule has 7 nitrogen and oxygen atoms in total. The topological polar surface area (TPSA) is 96.9 Å². The van der Waals surface area contributed by atoms with Gasteiger partial charge in [-0.2, -0.15) is 0 Å². The van der Waals surface area contributed by atoms with Gasteiger partial charge in [0.25, 0.3) is 5.91 Å². The van der Waals surface area contributed by atoms with Crippen LogP contribution in [-0.2, 0) is 16.1 Å². The number of hydrogen-bond acceptors (Lipinski definition) is 5. The molecule has 0 atom stereocenters. The Balaban J connectivity index is 1.99. The van der Waals surface area contributed by atoms with Crippen molar-refractivity contribution in [3.63, 3.8) is 0 Å². The Bertz CT molecular complexity index is 808. The highest BCUT2D eigenvalue weighted by Gasteiger charge is 2.14. The van der Waals surface area contributed by atoms with Crippen molar-refractivity contribution >= 4 is 29.2 Å². The Morgan fingerprint density at radius 2 is 1.89 bits per heavy atom. The molecule has 0 saturated heterocycles. The number of carboxylic acids is 1. The summed E-state index contributed by atoms with van der Waals surface area (Å²) >= 11 is 6.24. The molecular formula is C19H21ClN2O5. The number of nitrogens with one attached hydrogen (secondary N) is 2. The van der Waals surface area contributed by atoms with E-state index in [4.69, 9.17) is 26.2 Å². The Morgan fingerprint density at radius 1 is 1.19 bits per heavy atom. The van der Waals surface area contributed by atoms with Gasteiger partial charge in [-0.3, -0.25) is 9.59 Å². The minimum Gasteiger partial charge on any atom is -0.493 e. The zero-order valence-corrected chi connectivity index (χ0v) is 15.8. The lowest BCUT2D eigenvalue weighted by molar-refractivity contribution is -0.136. The molecule has 2 rings (SSSR count). The number of carbonyl (C=O) groups excluding carboxylic acids is 1. The molecule has 0 unspecified atom stereocenters. The van der Waals surface area contributed by atoms with Gasteiger partial charge in [-0.1, -0.05) is 29.3 Å². The summed E-state index contributed by atoms with van der Waals surface area (Å²) < 4.78 is 10.8. The lowest BCUT2D eigenvalue weighted by Crippen LogP contribution is -2.22. The smallest absolute Gasteiger partial charge is 0.317 e. The number of hydrogen-bond donors (Lipinski definition) is 3. The number of aliphatic carboxylic acids is 1. The van der Waals surface area contributed by atoms with Crippen LogP contribution >= 0.6 is 11.6 Å². The van der Waals surface area contributed by atoms with Crippen molar-refractivity contribution in [1.29, 1.82) is 0 Å². The molecule has 0 heterocycles. The number of ether oxygens (including phenoxy) is 2. The van der Waals surface area contributed by atoms with Crippen LogP contribution in [0.3, 0.4) is 0 Å². The van der Waals surface area contributed by atoms with Crippen LogP contribution in [0.4, 0.5) is 5.69 Å². The van der Waals surface area contributed by atoms with E-state index in [1.54, 1.807) is 24.3 Å². The maximum absolute atomic E-state index is 12.1. The molecular weight excluding hydrogens is 372 g/mol. The summed E-state index contributed by atoms with van der Waals surface area (Å²) in [5.74, 6) is -0.672. The second-order valence-electron chi connectivity index (χ2n) is 5.81. The Labute approximate surface area is 162 Å². The van der Waals surface area contributed by atoms with Crippen molar-refractivity contribution in [2.45, 2.75) is 13.5 Å². The van der Waals surface area contributed by atoms with Gasteiger partial charge in [-0.25, -0.2) is 0 Å². The monoisotopic (exact) mass is 392 g/mol. The maximum Gasteiger partial charge on any atom is 0.317 e.